The van der Waals surface area contributed by atoms with Gasteiger partial charge in [0.15, 0.2) is 0 Å². The largest absolute Gasteiger partial charge is 0.495 e. The highest BCUT2D eigenvalue weighted by atomic mass is 16.7. The van der Waals surface area contributed by atoms with E-state index in [-0.39, 0.29) is 18.1 Å². The van der Waals surface area contributed by atoms with Gasteiger partial charge in [0.05, 0.1) is 31.0 Å². The Bertz CT molecular complexity index is 1320. The summed E-state index contributed by atoms with van der Waals surface area (Å²) in [6, 6.07) is 21.4. The van der Waals surface area contributed by atoms with Crippen molar-refractivity contribution in [2.75, 3.05) is 19.0 Å². The van der Waals surface area contributed by atoms with Gasteiger partial charge in [-0.3, -0.25) is 4.84 Å². The molecule has 8 nitrogen and oxygen atoms in total. The Hall–Kier alpha value is -3.91. The zero-order chi connectivity index (χ0) is 23.7. The first-order valence-corrected chi connectivity index (χ1v) is 11.4. The van der Waals surface area contributed by atoms with Crippen LogP contribution in [-0.2, 0) is 4.84 Å². The van der Waals surface area contributed by atoms with Gasteiger partial charge >= 0.3 is 6.03 Å². The molecule has 1 aromatic heterocycles. The average molecular weight is 458 g/mol. The first-order chi connectivity index (χ1) is 16.5. The van der Waals surface area contributed by atoms with Crippen LogP contribution < -0.4 is 10.1 Å². The molecule has 2 heterocycles. The van der Waals surface area contributed by atoms with Gasteiger partial charge < -0.3 is 10.1 Å². The number of ether oxygens (including phenoxy) is 1. The molecule has 5 rings (SSSR count). The lowest BCUT2D eigenvalue weighted by atomic mass is 10.0. The zero-order valence-corrected chi connectivity index (χ0v) is 19.4. The molecule has 2 amide bonds. The van der Waals surface area contributed by atoms with Crippen LogP contribution in [0.5, 0.6) is 5.75 Å². The van der Waals surface area contributed by atoms with Crippen LogP contribution in [0, 0.1) is 0 Å². The molecule has 1 atom stereocenters. The number of methoxy groups -OCH3 is 1. The van der Waals surface area contributed by atoms with E-state index in [9.17, 15) is 4.79 Å². The number of carbonyl (C=O) groups is 1. The summed E-state index contributed by atoms with van der Waals surface area (Å²) in [5.74, 6) is 0.572. The van der Waals surface area contributed by atoms with Crippen molar-refractivity contribution < 1.29 is 14.4 Å². The lowest BCUT2D eigenvalue weighted by molar-refractivity contribution is -0.0829. The molecule has 0 aliphatic carbocycles. The highest BCUT2D eigenvalue weighted by Gasteiger charge is 2.32. The Morgan fingerprint density at radius 2 is 1.85 bits per heavy atom. The number of carbonyl (C=O) groups excluding carboxylic acids is 1. The summed E-state index contributed by atoms with van der Waals surface area (Å²) in [6.45, 7) is 4.64. The van der Waals surface area contributed by atoms with Crippen molar-refractivity contribution in [1.82, 2.24) is 20.1 Å². The van der Waals surface area contributed by atoms with Gasteiger partial charge in [0.1, 0.15) is 11.3 Å². The molecule has 0 saturated carbocycles. The van der Waals surface area contributed by atoms with Crippen LogP contribution in [0.1, 0.15) is 37.9 Å². The lowest BCUT2D eigenvalue weighted by Gasteiger charge is -2.23. The second-order valence-corrected chi connectivity index (χ2v) is 8.55. The van der Waals surface area contributed by atoms with Crippen molar-refractivity contribution in [2.24, 2.45) is 0 Å². The Morgan fingerprint density at radius 3 is 2.62 bits per heavy atom. The van der Waals surface area contributed by atoms with Crippen molar-refractivity contribution in [1.29, 1.82) is 0 Å². The maximum atomic E-state index is 13.2. The van der Waals surface area contributed by atoms with E-state index in [4.69, 9.17) is 9.57 Å². The monoisotopic (exact) mass is 457 g/mol. The zero-order valence-electron chi connectivity index (χ0n) is 19.4. The molecule has 3 aromatic carbocycles. The number of hydrogen-bond donors (Lipinski definition) is 1. The molecule has 0 unspecified atom stereocenters. The Kier molecular flexibility index (Phi) is 5.90. The van der Waals surface area contributed by atoms with Crippen molar-refractivity contribution in [3.8, 4) is 16.9 Å². The molecule has 174 valence electrons. The highest BCUT2D eigenvalue weighted by molar-refractivity contribution is 5.92. The van der Waals surface area contributed by atoms with Crippen molar-refractivity contribution in [3.05, 3.63) is 72.3 Å². The third-order valence-corrected chi connectivity index (χ3v) is 6.02. The number of rotatable bonds is 5. The number of hydroxylamine groups is 2. The van der Waals surface area contributed by atoms with Crippen LogP contribution in [0.15, 0.2) is 66.7 Å². The number of fused-ring (bicyclic) bond motifs is 1. The summed E-state index contributed by atoms with van der Waals surface area (Å²) in [6.07, 6.45) is 0.742. The lowest BCUT2D eigenvalue weighted by Crippen LogP contribution is -2.33. The van der Waals surface area contributed by atoms with Gasteiger partial charge in [-0.05, 0) is 54.8 Å². The van der Waals surface area contributed by atoms with Crippen molar-refractivity contribution >= 4 is 22.8 Å². The summed E-state index contributed by atoms with van der Waals surface area (Å²) >= 11 is 0. The molecule has 8 heteroatoms. The normalized spacial score (nSPS) is 15.8. The van der Waals surface area contributed by atoms with Crippen molar-refractivity contribution in [3.63, 3.8) is 0 Å². The molecule has 0 radical (unpaired) electrons. The molecule has 4 aromatic rings. The maximum Gasteiger partial charge on any atom is 0.346 e. The molecule has 1 aliphatic heterocycles. The fourth-order valence-corrected chi connectivity index (χ4v) is 4.30. The molecule has 34 heavy (non-hydrogen) atoms. The number of aromatic nitrogens is 3. The predicted octanol–water partition coefficient (Wildman–Crippen LogP) is 5.60. The standard InChI is InChI=1S/C26H27N5O3/c1-17(2)30-24-16-20(9-11-21(24)28-29-30)19-10-12-25(33-3)22(15-19)27-26(32)31-23(13-14-34-31)18-7-5-4-6-8-18/h4-12,15-17,23H,13-14H2,1-3H3,(H,27,32)/t23-/m0/s1. The number of amides is 2. The Morgan fingerprint density at radius 1 is 1.09 bits per heavy atom. The number of benzene rings is 3. The highest BCUT2D eigenvalue weighted by Crippen LogP contribution is 2.34. The van der Waals surface area contributed by atoms with E-state index in [0.717, 1.165) is 34.1 Å². The summed E-state index contributed by atoms with van der Waals surface area (Å²) < 4.78 is 7.42. The van der Waals surface area contributed by atoms with E-state index in [1.807, 2.05) is 65.3 Å². The van der Waals surface area contributed by atoms with Gasteiger partial charge in [0, 0.05) is 12.5 Å². The second-order valence-electron chi connectivity index (χ2n) is 8.55. The molecule has 0 bridgehead atoms. The minimum absolute atomic E-state index is 0.137. The third kappa shape index (κ3) is 4.08. The number of nitrogens with zero attached hydrogens (tertiary/aromatic N) is 4. The van der Waals surface area contributed by atoms with Gasteiger partial charge in [-0.1, -0.05) is 47.7 Å². The molecular formula is C26H27N5O3. The average Bonchev–Trinajstić information content (AvgIpc) is 3.52. The minimum Gasteiger partial charge on any atom is -0.495 e. The van der Waals surface area contributed by atoms with E-state index in [1.165, 1.54) is 5.06 Å². The minimum atomic E-state index is -0.334. The molecule has 1 fully saturated rings. The summed E-state index contributed by atoms with van der Waals surface area (Å²) in [5, 5.41) is 12.9. The van der Waals surface area contributed by atoms with Crippen molar-refractivity contribution in [2.45, 2.75) is 32.4 Å². The van der Waals surface area contributed by atoms with Crippen LogP contribution in [0.4, 0.5) is 10.5 Å². The van der Waals surface area contributed by atoms with Crippen LogP contribution in [0.25, 0.3) is 22.2 Å². The second kappa shape index (κ2) is 9.15. The van der Waals surface area contributed by atoms with Crippen LogP contribution in [0.2, 0.25) is 0 Å². The fourth-order valence-electron chi connectivity index (χ4n) is 4.30. The summed E-state index contributed by atoms with van der Waals surface area (Å²) in [4.78, 5) is 18.9. The summed E-state index contributed by atoms with van der Waals surface area (Å²) in [7, 11) is 1.59. The maximum absolute atomic E-state index is 13.2. The first-order valence-electron chi connectivity index (χ1n) is 11.4. The Balaban J connectivity index is 1.44. The van der Waals surface area contributed by atoms with Gasteiger partial charge in [-0.2, -0.15) is 5.06 Å². The van der Waals surface area contributed by atoms with Crippen LogP contribution in [0.3, 0.4) is 0 Å². The number of hydrogen-bond acceptors (Lipinski definition) is 5. The van der Waals surface area contributed by atoms with Crippen LogP contribution >= 0.6 is 0 Å². The van der Waals surface area contributed by atoms with Gasteiger partial charge in [-0.15, -0.1) is 5.10 Å². The van der Waals surface area contributed by atoms with E-state index < -0.39 is 0 Å². The Labute approximate surface area is 198 Å². The smallest absolute Gasteiger partial charge is 0.346 e. The SMILES string of the molecule is COc1ccc(-c2ccc3nnn(C(C)C)c3c2)cc1NC(=O)N1OCC[C@H]1c1ccccc1. The third-order valence-electron chi connectivity index (χ3n) is 6.02. The van der Waals surface area contributed by atoms with Gasteiger partial charge in [0.25, 0.3) is 0 Å². The van der Waals surface area contributed by atoms with Gasteiger partial charge in [-0.25, -0.2) is 9.48 Å². The van der Waals surface area contributed by atoms with E-state index in [2.05, 4.69) is 35.5 Å². The topological polar surface area (TPSA) is 81.5 Å². The molecule has 1 aliphatic rings. The summed E-state index contributed by atoms with van der Waals surface area (Å²) in [5.41, 5.74) is 5.36. The van der Waals surface area contributed by atoms with E-state index in [1.54, 1.807) is 7.11 Å². The van der Waals surface area contributed by atoms with Crippen LogP contribution in [-0.4, -0.2) is 39.8 Å². The van der Waals surface area contributed by atoms with Gasteiger partial charge in [0.2, 0.25) is 0 Å². The fraction of sp³-hybridized carbons (Fsp3) is 0.269. The van der Waals surface area contributed by atoms with E-state index in [0.29, 0.717) is 18.0 Å². The quantitative estimate of drug-likeness (QED) is 0.422. The number of nitrogens with one attached hydrogen (secondary N) is 1. The molecular weight excluding hydrogens is 430 g/mol. The van der Waals surface area contributed by atoms with E-state index >= 15 is 0 Å². The number of urea groups is 1. The number of anilines is 1. The molecule has 1 N–H and O–H groups in total. The molecule has 1 saturated heterocycles. The predicted molar refractivity (Wildman–Crippen MR) is 131 cm³/mol. The molecule has 0 spiro atoms. The first kappa shape index (κ1) is 21.9.